The molecular weight excluding hydrogens is 462 g/mol. The summed E-state index contributed by atoms with van der Waals surface area (Å²) in [5.41, 5.74) is 3.67. The number of piperidine rings is 1. The average Bonchev–Trinajstić information content (AvgIpc) is 3.55. The summed E-state index contributed by atoms with van der Waals surface area (Å²) in [5, 5.41) is 0. The van der Waals surface area contributed by atoms with Gasteiger partial charge in [-0.3, -0.25) is 0 Å². The number of rotatable bonds is 8. The molecule has 0 amide bonds. The maximum Gasteiger partial charge on any atom is 0.217 e. The van der Waals surface area contributed by atoms with Gasteiger partial charge in [-0.15, -0.1) is 0 Å². The molecule has 3 fully saturated rings. The summed E-state index contributed by atoms with van der Waals surface area (Å²) in [6, 6.07) is 24.4. The zero-order chi connectivity index (χ0) is 25.2. The van der Waals surface area contributed by atoms with Crippen molar-refractivity contribution in [1.82, 2.24) is 4.98 Å². The van der Waals surface area contributed by atoms with Gasteiger partial charge in [-0.2, -0.15) is 4.98 Å². The predicted molar refractivity (Wildman–Crippen MR) is 147 cm³/mol. The summed E-state index contributed by atoms with van der Waals surface area (Å²) >= 11 is 0. The topological polar surface area (TPSA) is 47.1 Å². The van der Waals surface area contributed by atoms with Crippen LogP contribution in [-0.2, 0) is 17.8 Å². The summed E-state index contributed by atoms with van der Waals surface area (Å²) < 4.78 is 17.4. The molecule has 0 N–H and O–H groups in total. The van der Waals surface area contributed by atoms with Crippen LogP contribution in [0.5, 0.6) is 11.6 Å². The Morgan fingerprint density at radius 1 is 1.00 bits per heavy atom. The fourth-order valence-corrected chi connectivity index (χ4v) is 6.37. The van der Waals surface area contributed by atoms with E-state index in [1.807, 2.05) is 24.3 Å². The van der Waals surface area contributed by atoms with Gasteiger partial charge in [0, 0.05) is 43.0 Å². The molecule has 3 aliphatic rings. The lowest BCUT2D eigenvalue weighted by molar-refractivity contribution is 0.0532. The van der Waals surface area contributed by atoms with Crippen LogP contribution in [0.3, 0.4) is 0 Å². The second-order valence-electron chi connectivity index (χ2n) is 10.7. The first-order valence-electron chi connectivity index (χ1n) is 13.6. The fourth-order valence-electron chi connectivity index (χ4n) is 6.37. The SMILES string of the molecule is COc1ccc(COc2cc(N3CCO[C@H](C)C3)cc(N3[C@H]4CC[C@H](C4)[C@@H]3Cc3ccccc3)n2)cc1. The number of morpholine rings is 1. The molecule has 37 heavy (non-hydrogen) atoms. The van der Waals surface area contributed by atoms with E-state index in [0.717, 1.165) is 49.2 Å². The highest BCUT2D eigenvalue weighted by Crippen LogP contribution is 2.46. The van der Waals surface area contributed by atoms with E-state index >= 15 is 0 Å². The summed E-state index contributed by atoms with van der Waals surface area (Å²) in [5.74, 6) is 3.31. The van der Waals surface area contributed by atoms with E-state index in [9.17, 15) is 0 Å². The molecule has 4 atom stereocenters. The van der Waals surface area contributed by atoms with Gasteiger partial charge in [0.05, 0.1) is 19.8 Å². The van der Waals surface area contributed by atoms with Crippen LogP contribution in [0.4, 0.5) is 11.5 Å². The molecule has 3 heterocycles. The number of aromatic nitrogens is 1. The number of pyridine rings is 1. The van der Waals surface area contributed by atoms with Crippen molar-refractivity contribution in [3.05, 3.63) is 77.9 Å². The Balaban J connectivity index is 1.30. The molecule has 6 rings (SSSR count). The molecule has 2 aliphatic heterocycles. The van der Waals surface area contributed by atoms with E-state index in [1.165, 1.54) is 30.5 Å². The molecule has 1 aromatic heterocycles. The van der Waals surface area contributed by atoms with Crippen molar-refractivity contribution >= 4 is 11.5 Å². The monoisotopic (exact) mass is 499 g/mol. The van der Waals surface area contributed by atoms with E-state index in [-0.39, 0.29) is 6.10 Å². The lowest BCUT2D eigenvalue weighted by Crippen LogP contribution is -2.43. The third kappa shape index (κ3) is 5.26. The smallest absolute Gasteiger partial charge is 0.217 e. The highest BCUT2D eigenvalue weighted by molar-refractivity contribution is 5.60. The van der Waals surface area contributed by atoms with Gasteiger partial charge >= 0.3 is 0 Å². The normalized spacial score (nSPS) is 24.9. The minimum absolute atomic E-state index is 0.211. The molecule has 2 bridgehead atoms. The average molecular weight is 500 g/mol. The first kappa shape index (κ1) is 24.1. The third-order valence-corrected chi connectivity index (χ3v) is 8.22. The Morgan fingerprint density at radius 2 is 1.84 bits per heavy atom. The Bertz CT molecular complexity index is 1190. The van der Waals surface area contributed by atoms with Crippen LogP contribution in [0.15, 0.2) is 66.7 Å². The molecule has 0 radical (unpaired) electrons. The van der Waals surface area contributed by atoms with Crippen molar-refractivity contribution in [1.29, 1.82) is 0 Å². The standard InChI is InChI=1S/C31H37N3O3/c1-22-20-33(14-15-36-22)27-18-30(32-31(19-27)37-21-24-8-12-28(35-2)13-9-24)34-26-11-10-25(17-26)29(34)16-23-6-4-3-5-7-23/h3-9,12-13,18-19,22,25-26,29H,10-11,14-17,20-21H2,1-2H3/t22-,25-,26+,29+/m1/s1. The van der Waals surface area contributed by atoms with Gasteiger partial charge in [0.1, 0.15) is 18.2 Å². The molecule has 1 aliphatic carbocycles. The lowest BCUT2D eigenvalue weighted by Gasteiger charge is -2.38. The molecule has 194 valence electrons. The molecule has 2 aromatic carbocycles. The van der Waals surface area contributed by atoms with Crippen molar-refractivity contribution in [3.8, 4) is 11.6 Å². The van der Waals surface area contributed by atoms with E-state index < -0.39 is 0 Å². The van der Waals surface area contributed by atoms with E-state index in [0.29, 0.717) is 24.6 Å². The highest BCUT2D eigenvalue weighted by atomic mass is 16.5. The Labute approximate surface area is 220 Å². The third-order valence-electron chi connectivity index (χ3n) is 8.22. The largest absolute Gasteiger partial charge is 0.497 e. The van der Waals surface area contributed by atoms with Crippen LogP contribution in [0.2, 0.25) is 0 Å². The summed E-state index contributed by atoms with van der Waals surface area (Å²) in [4.78, 5) is 10.1. The van der Waals surface area contributed by atoms with Gasteiger partial charge in [0.2, 0.25) is 5.88 Å². The zero-order valence-electron chi connectivity index (χ0n) is 21.9. The number of benzene rings is 2. The molecule has 0 spiro atoms. The van der Waals surface area contributed by atoms with Crippen molar-refractivity contribution in [2.24, 2.45) is 5.92 Å². The molecule has 3 aromatic rings. The maximum atomic E-state index is 6.32. The first-order valence-corrected chi connectivity index (χ1v) is 13.6. The predicted octanol–water partition coefficient (Wildman–Crippen LogP) is 5.49. The minimum Gasteiger partial charge on any atom is -0.497 e. The number of hydrogen-bond acceptors (Lipinski definition) is 6. The van der Waals surface area contributed by atoms with Gasteiger partial charge in [-0.1, -0.05) is 42.5 Å². The number of fused-ring (bicyclic) bond motifs is 2. The van der Waals surface area contributed by atoms with Crippen LogP contribution >= 0.6 is 0 Å². The van der Waals surface area contributed by atoms with Crippen molar-refractivity contribution in [3.63, 3.8) is 0 Å². The van der Waals surface area contributed by atoms with Gasteiger partial charge < -0.3 is 24.0 Å². The summed E-state index contributed by atoms with van der Waals surface area (Å²) in [6.45, 7) is 5.11. The summed E-state index contributed by atoms with van der Waals surface area (Å²) in [6.07, 6.45) is 5.10. The molecule has 1 saturated carbocycles. The Morgan fingerprint density at radius 3 is 2.62 bits per heavy atom. The fraction of sp³-hybridized carbons (Fsp3) is 0.452. The number of anilines is 2. The van der Waals surface area contributed by atoms with Crippen LogP contribution in [-0.4, -0.2) is 50.0 Å². The molecule has 0 unspecified atom stereocenters. The zero-order valence-corrected chi connectivity index (χ0v) is 21.9. The quantitative estimate of drug-likeness (QED) is 0.408. The molecule has 6 heteroatoms. The maximum absolute atomic E-state index is 6.32. The number of hydrogen-bond donors (Lipinski definition) is 0. The second kappa shape index (κ2) is 10.6. The van der Waals surface area contributed by atoms with Gasteiger partial charge in [-0.05, 0) is 61.8 Å². The Kier molecular flexibility index (Phi) is 6.92. The second-order valence-corrected chi connectivity index (χ2v) is 10.7. The van der Waals surface area contributed by atoms with E-state index in [1.54, 1.807) is 7.11 Å². The molecule has 2 saturated heterocycles. The lowest BCUT2D eigenvalue weighted by atomic mass is 9.92. The van der Waals surface area contributed by atoms with Crippen molar-refractivity contribution < 1.29 is 14.2 Å². The number of nitrogens with zero attached hydrogens (tertiary/aromatic N) is 3. The summed E-state index contributed by atoms with van der Waals surface area (Å²) in [7, 11) is 1.69. The van der Waals surface area contributed by atoms with Gasteiger partial charge in [0.15, 0.2) is 0 Å². The van der Waals surface area contributed by atoms with E-state index in [4.69, 9.17) is 19.2 Å². The Hall–Kier alpha value is -3.25. The van der Waals surface area contributed by atoms with Gasteiger partial charge in [-0.25, -0.2) is 0 Å². The van der Waals surface area contributed by atoms with Crippen LogP contribution in [0, 0.1) is 5.92 Å². The van der Waals surface area contributed by atoms with E-state index in [2.05, 4.69) is 59.2 Å². The van der Waals surface area contributed by atoms with Crippen LogP contribution in [0.1, 0.15) is 37.3 Å². The van der Waals surface area contributed by atoms with Crippen molar-refractivity contribution in [2.75, 3.05) is 36.6 Å². The molecule has 6 nitrogen and oxygen atoms in total. The molecular formula is C31H37N3O3. The van der Waals surface area contributed by atoms with Crippen molar-refractivity contribution in [2.45, 2.75) is 57.4 Å². The highest BCUT2D eigenvalue weighted by Gasteiger charge is 2.46. The van der Waals surface area contributed by atoms with Gasteiger partial charge in [0.25, 0.3) is 0 Å². The number of methoxy groups -OCH3 is 1. The minimum atomic E-state index is 0.211. The number of ether oxygens (including phenoxy) is 3. The first-order chi connectivity index (χ1) is 18.2. The van der Waals surface area contributed by atoms with Crippen LogP contribution < -0.4 is 19.3 Å². The van der Waals surface area contributed by atoms with Crippen LogP contribution in [0.25, 0.3) is 0 Å².